The molecule has 1 heterocycles. The van der Waals surface area contributed by atoms with Crippen LogP contribution >= 0.6 is 0 Å². The number of aliphatic hydroxyl groups is 1. The van der Waals surface area contributed by atoms with Crippen molar-refractivity contribution in [3.05, 3.63) is 0 Å². The maximum absolute atomic E-state index is 10.1. The first-order valence-electron chi connectivity index (χ1n) is 6.16. The molecule has 84 valence electrons. The van der Waals surface area contributed by atoms with Gasteiger partial charge in [0.1, 0.15) is 0 Å². The number of likely N-dealkylation sites (tertiary alicyclic amines) is 1. The van der Waals surface area contributed by atoms with Crippen LogP contribution in [-0.4, -0.2) is 34.7 Å². The van der Waals surface area contributed by atoms with Crippen LogP contribution in [0.5, 0.6) is 0 Å². The minimum atomic E-state index is -0.207. The van der Waals surface area contributed by atoms with Crippen molar-refractivity contribution in [1.29, 1.82) is 5.26 Å². The predicted molar refractivity (Wildman–Crippen MR) is 58.2 cm³/mol. The summed E-state index contributed by atoms with van der Waals surface area (Å²) < 4.78 is 0. The zero-order valence-corrected chi connectivity index (χ0v) is 9.23. The van der Waals surface area contributed by atoms with Crippen LogP contribution in [0.1, 0.15) is 44.9 Å². The highest BCUT2D eigenvalue weighted by Gasteiger charge is 2.34. The van der Waals surface area contributed by atoms with Crippen molar-refractivity contribution >= 4 is 0 Å². The summed E-state index contributed by atoms with van der Waals surface area (Å²) in [6.07, 6.45) is 7.46. The molecule has 3 heteroatoms. The smallest absolute Gasteiger partial charge is 0.0981 e. The molecule has 3 nitrogen and oxygen atoms in total. The van der Waals surface area contributed by atoms with Crippen LogP contribution in [0.3, 0.4) is 0 Å². The van der Waals surface area contributed by atoms with Gasteiger partial charge in [-0.25, -0.2) is 0 Å². The largest absolute Gasteiger partial charge is 0.391 e. The molecule has 0 radical (unpaired) electrons. The van der Waals surface area contributed by atoms with E-state index in [4.69, 9.17) is 5.26 Å². The van der Waals surface area contributed by atoms with E-state index in [0.29, 0.717) is 0 Å². The second kappa shape index (κ2) is 4.96. The Labute approximate surface area is 91.7 Å². The summed E-state index contributed by atoms with van der Waals surface area (Å²) in [6, 6.07) is 2.67. The van der Waals surface area contributed by atoms with Gasteiger partial charge in [-0.2, -0.15) is 5.26 Å². The highest BCUT2D eigenvalue weighted by atomic mass is 16.3. The van der Waals surface area contributed by atoms with E-state index in [9.17, 15) is 5.11 Å². The fourth-order valence-electron chi connectivity index (χ4n) is 2.98. The second-order valence-electron chi connectivity index (χ2n) is 4.80. The van der Waals surface area contributed by atoms with Crippen LogP contribution in [0.25, 0.3) is 0 Å². The average molecular weight is 208 g/mol. The van der Waals surface area contributed by atoms with Crippen molar-refractivity contribution in [2.24, 2.45) is 0 Å². The maximum atomic E-state index is 10.1. The molecule has 2 aliphatic rings. The van der Waals surface area contributed by atoms with Gasteiger partial charge in [-0.1, -0.05) is 19.3 Å². The van der Waals surface area contributed by atoms with Crippen molar-refractivity contribution in [2.45, 2.75) is 63.1 Å². The fraction of sp³-hybridized carbons (Fsp3) is 0.917. The Kier molecular flexibility index (Phi) is 3.61. The fourth-order valence-corrected chi connectivity index (χ4v) is 2.98. The van der Waals surface area contributed by atoms with Gasteiger partial charge in [0.2, 0.25) is 0 Å². The van der Waals surface area contributed by atoms with Crippen LogP contribution in [0.15, 0.2) is 0 Å². The van der Waals surface area contributed by atoms with E-state index in [2.05, 4.69) is 11.0 Å². The van der Waals surface area contributed by atoms with Crippen LogP contribution in [-0.2, 0) is 0 Å². The topological polar surface area (TPSA) is 47.3 Å². The molecule has 1 saturated heterocycles. The van der Waals surface area contributed by atoms with Crippen LogP contribution in [0.2, 0.25) is 0 Å². The third-order valence-corrected chi connectivity index (χ3v) is 3.81. The molecule has 2 fully saturated rings. The normalized spacial score (nSPS) is 38.5. The summed E-state index contributed by atoms with van der Waals surface area (Å²) in [5.41, 5.74) is 0. The van der Waals surface area contributed by atoms with Gasteiger partial charge in [0.05, 0.1) is 18.2 Å². The van der Waals surface area contributed by atoms with Crippen molar-refractivity contribution < 1.29 is 5.11 Å². The maximum Gasteiger partial charge on any atom is 0.0981 e. The van der Waals surface area contributed by atoms with Crippen molar-refractivity contribution in [3.63, 3.8) is 0 Å². The Hall–Kier alpha value is -0.590. The Morgan fingerprint density at radius 3 is 2.67 bits per heavy atom. The molecule has 3 atom stereocenters. The third kappa shape index (κ3) is 2.32. The summed E-state index contributed by atoms with van der Waals surface area (Å²) in [4.78, 5) is 2.25. The van der Waals surface area contributed by atoms with Gasteiger partial charge in [0.25, 0.3) is 0 Å². The number of hydrogen-bond donors (Lipinski definition) is 1. The quantitative estimate of drug-likeness (QED) is 0.667. The lowest BCUT2D eigenvalue weighted by molar-refractivity contribution is 0.0467. The molecule has 2 rings (SSSR count). The summed E-state index contributed by atoms with van der Waals surface area (Å²) in [7, 11) is 0. The minimum absolute atomic E-state index is 0.0581. The first-order chi connectivity index (χ1) is 7.33. The lowest BCUT2D eigenvalue weighted by Crippen LogP contribution is -2.45. The molecule has 3 unspecified atom stereocenters. The van der Waals surface area contributed by atoms with E-state index in [1.807, 2.05) is 0 Å². The lowest BCUT2D eigenvalue weighted by Gasteiger charge is -2.32. The van der Waals surface area contributed by atoms with E-state index in [-0.39, 0.29) is 18.2 Å². The lowest BCUT2D eigenvalue weighted by atomic mass is 10.0. The Morgan fingerprint density at radius 2 is 1.87 bits per heavy atom. The van der Waals surface area contributed by atoms with E-state index >= 15 is 0 Å². The Bertz CT molecular complexity index is 248. The molecule has 0 aromatic heterocycles. The van der Waals surface area contributed by atoms with Gasteiger partial charge in [0, 0.05) is 6.04 Å². The van der Waals surface area contributed by atoms with Gasteiger partial charge in [0.15, 0.2) is 0 Å². The number of rotatable bonds is 1. The molecule has 0 amide bonds. The second-order valence-corrected chi connectivity index (χ2v) is 4.80. The standard InChI is InChI=1S/C12H20N2O/c13-9-10-5-4-8-14(10)11-6-2-1-3-7-12(11)15/h10-12,15H,1-8H2. The van der Waals surface area contributed by atoms with Crippen molar-refractivity contribution in [3.8, 4) is 6.07 Å². The molecule has 15 heavy (non-hydrogen) atoms. The van der Waals surface area contributed by atoms with Gasteiger partial charge in [-0.3, -0.25) is 4.90 Å². The molecule has 1 saturated carbocycles. The van der Waals surface area contributed by atoms with E-state index in [1.165, 1.54) is 12.8 Å². The number of aliphatic hydroxyl groups excluding tert-OH is 1. The van der Waals surface area contributed by atoms with Gasteiger partial charge in [-0.05, 0) is 32.2 Å². The molecule has 0 bridgehead atoms. The SMILES string of the molecule is N#CC1CCCN1C1CCCCCC1O. The number of nitriles is 1. The Morgan fingerprint density at radius 1 is 1.07 bits per heavy atom. The van der Waals surface area contributed by atoms with Crippen molar-refractivity contribution in [1.82, 2.24) is 4.90 Å². The van der Waals surface area contributed by atoms with Crippen LogP contribution in [0, 0.1) is 11.3 Å². The zero-order valence-electron chi connectivity index (χ0n) is 9.23. The third-order valence-electron chi connectivity index (χ3n) is 3.81. The molecule has 0 aromatic rings. The molecule has 0 aromatic carbocycles. The minimum Gasteiger partial charge on any atom is -0.391 e. The molecule has 1 aliphatic heterocycles. The summed E-state index contributed by atoms with van der Waals surface area (Å²) in [5, 5.41) is 19.1. The first-order valence-corrected chi connectivity index (χ1v) is 6.16. The van der Waals surface area contributed by atoms with Gasteiger partial charge < -0.3 is 5.11 Å². The van der Waals surface area contributed by atoms with E-state index < -0.39 is 0 Å². The predicted octanol–water partition coefficient (Wildman–Crippen LogP) is 1.67. The molecule has 1 N–H and O–H groups in total. The monoisotopic (exact) mass is 208 g/mol. The van der Waals surface area contributed by atoms with Gasteiger partial charge in [-0.15, -0.1) is 0 Å². The molecular weight excluding hydrogens is 188 g/mol. The van der Waals surface area contributed by atoms with Crippen molar-refractivity contribution in [2.75, 3.05) is 6.54 Å². The highest BCUT2D eigenvalue weighted by Crippen LogP contribution is 2.28. The average Bonchev–Trinajstić information content (AvgIpc) is 2.61. The van der Waals surface area contributed by atoms with Gasteiger partial charge >= 0.3 is 0 Å². The number of nitrogens with zero attached hydrogens (tertiary/aromatic N) is 2. The zero-order chi connectivity index (χ0) is 10.7. The van der Waals surface area contributed by atoms with E-state index in [1.54, 1.807) is 0 Å². The number of hydrogen-bond acceptors (Lipinski definition) is 3. The van der Waals surface area contributed by atoms with Crippen LogP contribution in [0.4, 0.5) is 0 Å². The molecule has 0 spiro atoms. The highest BCUT2D eigenvalue weighted by molar-refractivity contribution is 5.00. The Balaban J connectivity index is 2.03. The van der Waals surface area contributed by atoms with Crippen LogP contribution < -0.4 is 0 Å². The molecule has 1 aliphatic carbocycles. The van der Waals surface area contributed by atoms with E-state index in [0.717, 1.165) is 38.6 Å². The first kappa shape index (κ1) is 10.9. The summed E-state index contributed by atoms with van der Waals surface area (Å²) in [5.74, 6) is 0. The summed E-state index contributed by atoms with van der Waals surface area (Å²) >= 11 is 0. The summed E-state index contributed by atoms with van der Waals surface area (Å²) in [6.45, 7) is 1.000. The molecular formula is C12H20N2O.